The van der Waals surface area contributed by atoms with E-state index >= 15 is 0 Å². The number of aliphatic hydroxyl groups excluding tert-OH is 1. The van der Waals surface area contributed by atoms with Crippen LogP contribution in [0, 0.1) is 11.3 Å². The van der Waals surface area contributed by atoms with E-state index in [9.17, 15) is 10.4 Å². The molecule has 0 spiro atoms. The van der Waals surface area contributed by atoms with E-state index in [-0.39, 0.29) is 12.1 Å². The molecule has 0 fully saturated rings. The predicted octanol–water partition coefficient (Wildman–Crippen LogP) is 3.24. The summed E-state index contributed by atoms with van der Waals surface area (Å²) in [7, 11) is 0. The van der Waals surface area contributed by atoms with Crippen LogP contribution in [0.25, 0.3) is 0 Å². The second kappa shape index (κ2) is 7.30. The molecular formula is C14H20N2OS. The van der Waals surface area contributed by atoms with E-state index in [1.165, 1.54) is 0 Å². The molecule has 0 aliphatic carbocycles. The molecular weight excluding hydrogens is 244 g/mol. The molecule has 0 aliphatic heterocycles. The highest BCUT2D eigenvalue weighted by atomic mass is 32.2. The van der Waals surface area contributed by atoms with Gasteiger partial charge in [0.1, 0.15) is 6.07 Å². The van der Waals surface area contributed by atoms with Crippen LogP contribution >= 0.6 is 11.8 Å². The van der Waals surface area contributed by atoms with E-state index in [0.29, 0.717) is 12.0 Å². The summed E-state index contributed by atoms with van der Waals surface area (Å²) in [5.74, 6) is 0.946. The maximum atomic E-state index is 9.36. The number of benzene rings is 1. The van der Waals surface area contributed by atoms with Gasteiger partial charge in [0.25, 0.3) is 0 Å². The van der Waals surface area contributed by atoms with Gasteiger partial charge in [0, 0.05) is 10.9 Å². The first-order chi connectivity index (χ1) is 8.58. The fourth-order valence-corrected chi connectivity index (χ4v) is 2.66. The van der Waals surface area contributed by atoms with E-state index in [4.69, 9.17) is 0 Å². The van der Waals surface area contributed by atoms with Gasteiger partial charge in [-0.2, -0.15) is 5.26 Å². The van der Waals surface area contributed by atoms with Gasteiger partial charge in [-0.3, -0.25) is 0 Å². The molecule has 98 valence electrons. The van der Waals surface area contributed by atoms with E-state index in [2.05, 4.69) is 18.3 Å². The van der Waals surface area contributed by atoms with Crippen LogP contribution in [0.4, 0.5) is 5.69 Å². The van der Waals surface area contributed by atoms with Crippen LogP contribution in [0.2, 0.25) is 0 Å². The fraction of sp³-hybridized carbons (Fsp3) is 0.500. The lowest BCUT2D eigenvalue weighted by atomic mass is 10.1. The molecule has 2 N–H and O–H groups in total. The van der Waals surface area contributed by atoms with Crippen molar-refractivity contribution in [2.45, 2.75) is 44.2 Å². The molecule has 4 heteroatoms. The maximum Gasteiger partial charge on any atom is 0.102 e. The molecule has 0 aliphatic rings. The number of nitrogens with one attached hydrogen (secondary N) is 1. The molecule has 3 nitrogen and oxygen atoms in total. The Morgan fingerprint density at radius 3 is 2.72 bits per heavy atom. The van der Waals surface area contributed by atoms with Crippen LogP contribution in [-0.2, 0) is 0 Å². The lowest BCUT2D eigenvalue weighted by molar-refractivity contribution is 0.179. The monoisotopic (exact) mass is 264 g/mol. The number of hydrogen-bond donors (Lipinski definition) is 2. The van der Waals surface area contributed by atoms with Crippen molar-refractivity contribution in [1.29, 1.82) is 5.26 Å². The first-order valence-corrected chi connectivity index (χ1v) is 7.17. The van der Waals surface area contributed by atoms with Gasteiger partial charge >= 0.3 is 0 Å². The van der Waals surface area contributed by atoms with Crippen molar-refractivity contribution >= 4 is 17.4 Å². The van der Waals surface area contributed by atoms with Crippen molar-refractivity contribution in [3.8, 4) is 6.07 Å². The van der Waals surface area contributed by atoms with Crippen LogP contribution in [0.5, 0.6) is 0 Å². The largest absolute Gasteiger partial charge is 0.393 e. The lowest BCUT2D eigenvalue weighted by Gasteiger charge is -2.18. The van der Waals surface area contributed by atoms with Crippen LogP contribution in [-0.4, -0.2) is 23.0 Å². The van der Waals surface area contributed by atoms with Crippen LogP contribution < -0.4 is 5.32 Å². The van der Waals surface area contributed by atoms with Gasteiger partial charge in [0.05, 0.1) is 17.4 Å². The van der Waals surface area contributed by atoms with Crippen LogP contribution in [0.15, 0.2) is 23.1 Å². The third kappa shape index (κ3) is 4.25. The molecule has 2 atom stereocenters. The molecule has 0 radical (unpaired) electrons. The number of thioether (sulfide) groups is 1. The Morgan fingerprint density at radius 1 is 1.44 bits per heavy atom. The first kappa shape index (κ1) is 14.9. The molecule has 1 rings (SSSR count). The maximum absolute atomic E-state index is 9.36. The van der Waals surface area contributed by atoms with Crippen molar-refractivity contribution in [1.82, 2.24) is 0 Å². The second-order valence-electron chi connectivity index (χ2n) is 4.35. The van der Waals surface area contributed by atoms with Gasteiger partial charge in [0.2, 0.25) is 0 Å². The Hall–Kier alpha value is -1.18. The van der Waals surface area contributed by atoms with Gasteiger partial charge in [-0.05, 0) is 38.2 Å². The minimum absolute atomic E-state index is 0.138. The first-order valence-electron chi connectivity index (χ1n) is 6.19. The second-order valence-corrected chi connectivity index (χ2v) is 5.66. The van der Waals surface area contributed by atoms with Crippen LogP contribution in [0.3, 0.4) is 0 Å². The minimum Gasteiger partial charge on any atom is -0.393 e. The number of rotatable bonds is 6. The highest BCUT2D eigenvalue weighted by molar-refractivity contribution is 7.99. The summed E-state index contributed by atoms with van der Waals surface area (Å²) in [6.07, 6.45) is 0.321. The summed E-state index contributed by atoms with van der Waals surface area (Å²) in [5, 5.41) is 21.9. The van der Waals surface area contributed by atoms with Crippen molar-refractivity contribution in [3.05, 3.63) is 23.8 Å². The molecule has 0 bridgehead atoms. The minimum atomic E-state index is -0.341. The summed E-state index contributed by atoms with van der Waals surface area (Å²) in [5.41, 5.74) is 1.55. The Morgan fingerprint density at radius 2 is 2.17 bits per heavy atom. The van der Waals surface area contributed by atoms with E-state index in [0.717, 1.165) is 16.3 Å². The molecule has 0 saturated carbocycles. The third-order valence-electron chi connectivity index (χ3n) is 2.53. The highest BCUT2D eigenvalue weighted by Gasteiger charge is 2.11. The molecule has 1 aromatic rings. The van der Waals surface area contributed by atoms with E-state index in [1.54, 1.807) is 18.7 Å². The summed E-state index contributed by atoms with van der Waals surface area (Å²) in [6, 6.07) is 8.24. The summed E-state index contributed by atoms with van der Waals surface area (Å²) < 4.78 is 0. The highest BCUT2D eigenvalue weighted by Crippen LogP contribution is 2.28. The average molecular weight is 264 g/mol. The van der Waals surface area contributed by atoms with Gasteiger partial charge < -0.3 is 10.4 Å². The van der Waals surface area contributed by atoms with Crippen LogP contribution in [0.1, 0.15) is 32.8 Å². The Labute approximate surface area is 113 Å². The number of aliphatic hydroxyl groups is 1. The molecule has 0 amide bonds. The fourth-order valence-electron chi connectivity index (χ4n) is 1.88. The number of nitriles is 1. The zero-order valence-corrected chi connectivity index (χ0v) is 11.9. The summed E-state index contributed by atoms with van der Waals surface area (Å²) in [4.78, 5) is 1.01. The average Bonchev–Trinajstić information content (AvgIpc) is 2.28. The lowest BCUT2D eigenvalue weighted by Crippen LogP contribution is -2.21. The normalized spacial score (nSPS) is 13.7. The number of nitrogens with zero attached hydrogens (tertiary/aromatic N) is 1. The zero-order chi connectivity index (χ0) is 13.5. The van der Waals surface area contributed by atoms with Crippen molar-refractivity contribution < 1.29 is 5.11 Å². The van der Waals surface area contributed by atoms with Crippen molar-refractivity contribution in [3.63, 3.8) is 0 Å². The Kier molecular flexibility index (Phi) is 6.03. The van der Waals surface area contributed by atoms with Gasteiger partial charge in [0.15, 0.2) is 0 Å². The number of anilines is 1. The summed E-state index contributed by atoms with van der Waals surface area (Å²) in [6.45, 7) is 5.85. The van der Waals surface area contributed by atoms with E-state index < -0.39 is 0 Å². The van der Waals surface area contributed by atoms with Gasteiger partial charge in [-0.25, -0.2) is 0 Å². The molecule has 18 heavy (non-hydrogen) atoms. The van der Waals surface area contributed by atoms with Gasteiger partial charge in [-0.1, -0.05) is 13.0 Å². The molecule has 0 saturated heterocycles. The standard InChI is InChI=1S/C14H20N2OS/c1-4-18-14-7-5-6-13(12(14)9-15)16-10(2)8-11(3)17/h5-7,10-11,16-17H,4,8H2,1-3H3. The van der Waals surface area contributed by atoms with Crippen molar-refractivity contribution in [2.75, 3.05) is 11.1 Å². The smallest absolute Gasteiger partial charge is 0.102 e. The molecule has 0 aromatic heterocycles. The predicted molar refractivity (Wildman–Crippen MR) is 76.9 cm³/mol. The zero-order valence-electron chi connectivity index (χ0n) is 11.1. The quantitative estimate of drug-likeness (QED) is 0.774. The molecule has 1 aromatic carbocycles. The summed E-state index contributed by atoms with van der Waals surface area (Å²) >= 11 is 1.67. The van der Waals surface area contributed by atoms with Gasteiger partial charge in [-0.15, -0.1) is 11.8 Å². The molecule has 0 heterocycles. The third-order valence-corrected chi connectivity index (χ3v) is 3.47. The Bertz CT molecular complexity index is 426. The van der Waals surface area contributed by atoms with E-state index in [1.807, 2.05) is 25.1 Å². The topological polar surface area (TPSA) is 56.0 Å². The Balaban J connectivity index is 2.88. The van der Waals surface area contributed by atoms with Crippen molar-refractivity contribution in [2.24, 2.45) is 0 Å². The molecule has 2 unspecified atom stereocenters. The SMILES string of the molecule is CCSc1cccc(NC(C)CC(C)O)c1C#N. The number of hydrogen-bond acceptors (Lipinski definition) is 4.